The summed E-state index contributed by atoms with van der Waals surface area (Å²) in [5.74, 6) is -0.707. The van der Waals surface area contributed by atoms with Crippen LogP contribution in [-0.4, -0.2) is 37.0 Å². The van der Waals surface area contributed by atoms with Gasteiger partial charge in [0, 0.05) is 6.54 Å². The van der Waals surface area contributed by atoms with Crippen molar-refractivity contribution in [2.75, 3.05) is 16.6 Å². The van der Waals surface area contributed by atoms with E-state index in [1.165, 1.54) is 18.2 Å². The first-order valence-corrected chi connectivity index (χ1v) is 12.1. The van der Waals surface area contributed by atoms with Crippen LogP contribution < -0.4 is 15.4 Å². The van der Waals surface area contributed by atoms with E-state index in [2.05, 4.69) is 25.6 Å². The van der Waals surface area contributed by atoms with Gasteiger partial charge in [-0.15, -0.1) is 10.2 Å². The maximum Gasteiger partial charge on any atom is 0.291 e. The second kappa shape index (κ2) is 10.1. The van der Waals surface area contributed by atoms with Gasteiger partial charge in [0.2, 0.25) is 5.13 Å². The molecule has 3 N–H and O–H groups in total. The lowest BCUT2D eigenvalue weighted by molar-refractivity contribution is 0.0949. The fraction of sp³-hybridized carbons (Fsp3) is 0.200. The monoisotopic (exact) mass is 493 g/mol. The van der Waals surface area contributed by atoms with Gasteiger partial charge < -0.3 is 5.32 Å². The van der Waals surface area contributed by atoms with Crippen molar-refractivity contribution in [2.24, 2.45) is 5.92 Å². The molecule has 168 valence electrons. The average Bonchev–Trinajstić information content (AvgIpc) is 3.22. The van der Waals surface area contributed by atoms with E-state index in [0.717, 1.165) is 0 Å². The van der Waals surface area contributed by atoms with Gasteiger partial charge in [-0.2, -0.15) is 8.42 Å². The van der Waals surface area contributed by atoms with Crippen molar-refractivity contribution < 1.29 is 18.0 Å². The van der Waals surface area contributed by atoms with Gasteiger partial charge in [-0.3, -0.25) is 19.6 Å². The van der Waals surface area contributed by atoms with E-state index in [9.17, 15) is 18.0 Å². The van der Waals surface area contributed by atoms with Crippen LogP contribution >= 0.6 is 22.9 Å². The number of carbonyl (C=O) groups excluding carboxylic acids is 2. The molecule has 0 fully saturated rings. The van der Waals surface area contributed by atoms with E-state index in [1.54, 1.807) is 30.3 Å². The Labute approximate surface area is 194 Å². The number of benzene rings is 2. The molecule has 0 aliphatic carbocycles. The molecule has 0 saturated heterocycles. The quantitative estimate of drug-likeness (QED) is 0.411. The van der Waals surface area contributed by atoms with Crippen molar-refractivity contribution in [2.45, 2.75) is 18.2 Å². The molecule has 1 aromatic heterocycles. The number of para-hydroxylation sites is 1. The summed E-state index contributed by atoms with van der Waals surface area (Å²) in [6, 6.07) is 12.6. The standard InChI is InChI=1S/C20H20ClN5O4S2/c1-12(2)11-22-17(27)14-8-4-6-10-16(14)26-32(29,30)20-25-24-19(31-20)23-18(28)13-7-3-5-9-15(13)21/h3-10,12,26H,11H2,1-2H3,(H,22,27)(H,23,24,28). The molecule has 0 aliphatic rings. The van der Waals surface area contributed by atoms with Crippen LogP contribution in [0, 0.1) is 5.92 Å². The summed E-state index contributed by atoms with van der Waals surface area (Å²) >= 11 is 6.67. The molecule has 0 aliphatic heterocycles. The van der Waals surface area contributed by atoms with Gasteiger partial charge in [0.05, 0.1) is 21.8 Å². The minimum Gasteiger partial charge on any atom is -0.352 e. The van der Waals surface area contributed by atoms with E-state index >= 15 is 0 Å². The Balaban J connectivity index is 1.76. The summed E-state index contributed by atoms with van der Waals surface area (Å²) in [5.41, 5.74) is 0.493. The zero-order chi connectivity index (χ0) is 23.3. The molecule has 2 aromatic carbocycles. The summed E-state index contributed by atoms with van der Waals surface area (Å²) in [5, 5.41) is 12.8. The molecule has 0 unspecified atom stereocenters. The van der Waals surface area contributed by atoms with Gasteiger partial charge in [-0.1, -0.05) is 61.1 Å². The normalized spacial score (nSPS) is 11.2. The highest BCUT2D eigenvalue weighted by atomic mass is 35.5. The highest BCUT2D eigenvalue weighted by molar-refractivity contribution is 7.94. The molecule has 0 bridgehead atoms. The largest absolute Gasteiger partial charge is 0.352 e. The van der Waals surface area contributed by atoms with E-state index in [4.69, 9.17) is 11.6 Å². The topological polar surface area (TPSA) is 130 Å². The molecule has 3 aromatic rings. The van der Waals surface area contributed by atoms with Crippen molar-refractivity contribution in [3.05, 3.63) is 64.7 Å². The number of rotatable bonds is 8. The maximum absolute atomic E-state index is 12.8. The molecular formula is C20H20ClN5O4S2. The number of hydrogen-bond acceptors (Lipinski definition) is 7. The maximum atomic E-state index is 12.8. The van der Waals surface area contributed by atoms with E-state index < -0.39 is 21.8 Å². The highest BCUT2D eigenvalue weighted by Crippen LogP contribution is 2.25. The summed E-state index contributed by atoms with van der Waals surface area (Å²) in [6.07, 6.45) is 0. The van der Waals surface area contributed by atoms with Crippen LogP contribution in [0.5, 0.6) is 0 Å². The Morgan fingerprint density at radius 1 is 1.00 bits per heavy atom. The number of halogens is 1. The number of nitrogens with zero attached hydrogens (tertiary/aromatic N) is 2. The van der Waals surface area contributed by atoms with Gasteiger partial charge in [0.15, 0.2) is 0 Å². The molecule has 2 amide bonds. The summed E-state index contributed by atoms with van der Waals surface area (Å²) in [7, 11) is -4.15. The minimum atomic E-state index is -4.15. The molecule has 0 saturated carbocycles. The van der Waals surface area contributed by atoms with Crippen LogP contribution in [0.25, 0.3) is 0 Å². The zero-order valence-electron chi connectivity index (χ0n) is 17.1. The SMILES string of the molecule is CC(C)CNC(=O)c1ccccc1NS(=O)(=O)c1nnc(NC(=O)c2ccccc2Cl)s1. The molecule has 0 atom stereocenters. The predicted octanol–water partition coefficient (Wildman–Crippen LogP) is 3.63. The Bertz CT molecular complexity index is 1240. The Morgan fingerprint density at radius 3 is 2.34 bits per heavy atom. The van der Waals surface area contributed by atoms with E-state index in [0.29, 0.717) is 17.9 Å². The molecule has 9 nitrogen and oxygen atoms in total. The van der Waals surface area contributed by atoms with Crippen LogP contribution in [0.15, 0.2) is 52.9 Å². The number of nitrogens with one attached hydrogen (secondary N) is 3. The minimum absolute atomic E-state index is 0.0155. The lowest BCUT2D eigenvalue weighted by Crippen LogP contribution is -2.28. The first-order valence-electron chi connectivity index (χ1n) is 9.47. The summed E-state index contributed by atoms with van der Waals surface area (Å²) in [4.78, 5) is 24.8. The fourth-order valence-corrected chi connectivity index (χ4v) is 4.73. The van der Waals surface area contributed by atoms with Gasteiger partial charge in [-0.25, -0.2) is 0 Å². The third kappa shape index (κ3) is 5.81. The van der Waals surface area contributed by atoms with Gasteiger partial charge >= 0.3 is 0 Å². The van der Waals surface area contributed by atoms with Gasteiger partial charge in [0.25, 0.3) is 26.2 Å². The van der Waals surface area contributed by atoms with Crippen molar-refractivity contribution in [1.82, 2.24) is 15.5 Å². The molecule has 32 heavy (non-hydrogen) atoms. The zero-order valence-corrected chi connectivity index (χ0v) is 19.5. The Kier molecular flexibility index (Phi) is 7.44. The Hall–Kier alpha value is -3.02. The third-order valence-corrected chi connectivity index (χ3v) is 6.96. The number of aromatic nitrogens is 2. The molecule has 3 rings (SSSR count). The number of sulfonamides is 1. The van der Waals surface area contributed by atoms with E-state index in [1.807, 2.05) is 13.8 Å². The van der Waals surface area contributed by atoms with Crippen molar-refractivity contribution in [1.29, 1.82) is 0 Å². The van der Waals surface area contributed by atoms with Crippen molar-refractivity contribution in [3.63, 3.8) is 0 Å². The average molecular weight is 494 g/mol. The third-order valence-electron chi connectivity index (χ3n) is 4.06. The molecule has 0 spiro atoms. The second-order valence-electron chi connectivity index (χ2n) is 7.06. The lowest BCUT2D eigenvalue weighted by Gasteiger charge is -2.12. The first kappa shape index (κ1) is 23.6. The Morgan fingerprint density at radius 2 is 1.66 bits per heavy atom. The molecular weight excluding hydrogens is 474 g/mol. The second-order valence-corrected chi connectivity index (χ2v) is 10.3. The van der Waals surface area contributed by atoms with Gasteiger partial charge in [-0.05, 0) is 30.2 Å². The highest BCUT2D eigenvalue weighted by Gasteiger charge is 2.24. The van der Waals surface area contributed by atoms with E-state index in [-0.39, 0.29) is 37.2 Å². The van der Waals surface area contributed by atoms with Crippen LogP contribution in [0.4, 0.5) is 10.8 Å². The smallest absolute Gasteiger partial charge is 0.291 e. The molecule has 12 heteroatoms. The van der Waals surface area contributed by atoms with Crippen LogP contribution in [0.1, 0.15) is 34.6 Å². The van der Waals surface area contributed by atoms with Crippen LogP contribution in [0.2, 0.25) is 5.02 Å². The number of carbonyl (C=O) groups is 2. The molecule has 1 heterocycles. The predicted molar refractivity (Wildman–Crippen MR) is 124 cm³/mol. The van der Waals surface area contributed by atoms with Crippen LogP contribution in [0.3, 0.4) is 0 Å². The molecule has 0 radical (unpaired) electrons. The first-order chi connectivity index (χ1) is 15.2. The number of anilines is 2. The summed E-state index contributed by atoms with van der Waals surface area (Å²) < 4.78 is 27.6. The van der Waals surface area contributed by atoms with Crippen molar-refractivity contribution >= 4 is 55.6 Å². The van der Waals surface area contributed by atoms with Crippen molar-refractivity contribution in [3.8, 4) is 0 Å². The fourth-order valence-electron chi connectivity index (χ4n) is 2.53. The van der Waals surface area contributed by atoms with Gasteiger partial charge in [0.1, 0.15) is 0 Å². The summed E-state index contributed by atoms with van der Waals surface area (Å²) in [6.45, 7) is 4.35. The number of amides is 2. The number of hydrogen-bond donors (Lipinski definition) is 3. The van der Waals surface area contributed by atoms with Crippen LogP contribution in [-0.2, 0) is 10.0 Å². The lowest BCUT2D eigenvalue weighted by atomic mass is 10.1.